The lowest BCUT2D eigenvalue weighted by molar-refractivity contribution is -0.123. The Morgan fingerprint density at radius 2 is 1.92 bits per heavy atom. The Morgan fingerprint density at radius 1 is 1.23 bits per heavy atom. The monoisotopic (exact) mass is 362 g/mol. The van der Waals surface area contributed by atoms with E-state index in [1.165, 1.54) is 0 Å². The van der Waals surface area contributed by atoms with Gasteiger partial charge in [0.15, 0.2) is 0 Å². The van der Waals surface area contributed by atoms with Gasteiger partial charge in [0.2, 0.25) is 11.9 Å². The lowest BCUT2D eigenvalue weighted by atomic mass is 10.2. The van der Waals surface area contributed by atoms with Gasteiger partial charge in [-0.15, -0.1) is 0 Å². The van der Waals surface area contributed by atoms with Gasteiger partial charge in [-0.2, -0.15) is 0 Å². The van der Waals surface area contributed by atoms with Crippen LogP contribution >= 0.6 is 0 Å². The van der Waals surface area contributed by atoms with E-state index in [1.54, 1.807) is 19.5 Å². The fourth-order valence-corrected chi connectivity index (χ4v) is 3.62. The Labute approximate surface area is 155 Å². The molecular formula is C18H30N6O2. The normalized spacial score (nSPS) is 25.0. The minimum absolute atomic E-state index is 0.0634. The lowest BCUT2D eigenvalue weighted by Crippen LogP contribution is -2.52. The van der Waals surface area contributed by atoms with Gasteiger partial charge in [0.25, 0.3) is 0 Å². The van der Waals surface area contributed by atoms with Crippen LogP contribution in [0.25, 0.3) is 0 Å². The third kappa shape index (κ3) is 4.69. The van der Waals surface area contributed by atoms with Gasteiger partial charge < -0.3 is 15.0 Å². The zero-order chi connectivity index (χ0) is 18.5. The number of ether oxygens (including phenoxy) is 1. The molecule has 0 spiro atoms. The van der Waals surface area contributed by atoms with E-state index in [-0.39, 0.29) is 18.1 Å². The van der Waals surface area contributed by atoms with E-state index in [4.69, 9.17) is 4.74 Å². The van der Waals surface area contributed by atoms with E-state index in [0.29, 0.717) is 12.6 Å². The van der Waals surface area contributed by atoms with Crippen LogP contribution in [0.4, 0.5) is 5.95 Å². The molecule has 8 heteroatoms. The van der Waals surface area contributed by atoms with Gasteiger partial charge in [-0.3, -0.25) is 14.6 Å². The SMILES string of the molecule is CO[C@H]1CN(C(C)C)C[C@@H]1NC(=O)CN1CCN(c2ncccn2)CC1. The first kappa shape index (κ1) is 19.0. The zero-order valence-electron chi connectivity index (χ0n) is 16.0. The average Bonchev–Trinajstić information content (AvgIpc) is 3.06. The highest BCUT2D eigenvalue weighted by Crippen LogP contribution is 2.16. The molecule has 2 saturated heterocycles. The molecule has 3 rings (SSSR count). The number of piperazine rings is 1. The van der Waals surface area contributed by atoms with Crippen molar-refractivity contribution in [2.45, 2.75) is 32.0 Å². The molecule has 0 radical (unpaired) electrons. The Kier molecular flexibility index (Phi) is 6.39. The van der Waals surface area contributed by atoms with E-state index in [1.807, 2.05) is 6.07 Å². The summed E-state index contributed by atoms with van der Waals surface area (Å²) in [5, 5.41) is 3.17. The van der Waals surface area contributed by atoms with Crippen molar-refractivity contribution in [1.29, 1.82) is 0 Å². The Hall–Kier alpha value is -1.77. The first-order valence-corrected chi connectivity index (χ1v) is 9.37. The number of hydrogen-bond donors (Lipinski definition) is 1. The predicted octanol–water partition coefficient (Wildman–Crippen LogP) is -0.178. The fraction of sp³-hybridized carbons (Fsp3) is 0.722. The summed E-state index contributed by atoms with van der Waals surface area (Å²) in [7, 11) is 1.72. The molecule has 1 amide bonds. The first-order valence-electron chi connectivity index (χ1n) is 9.37. The highest BCUT2D eigenvalue weighted by atomic mass is 16.5. The van der Waals surface area contributed by atoms with Crippen molar-refractivity contribution in [3.63, 3.8) is 0 Å². The summed E-state index contributed by atoms with van der Waals surface area (Å²) >= 11 is 0. The standard InChI is InChI=1S/C18H30N6O2/c1-14(2)24-11-15(16(12-24)26-3)21-17(25)13-22-7-9-23(10-8-22)18-19-5-4-6-20-18/h4-6,14-16H,7-13H2,1-3H3,(H,21,25)/t15-,16-/m0/s1. The summed E-state index contributed by atoms with van der Waals surface area (Å²) in [4.78, 5) is 27.8. The third-order valence-corrected chi connectivity index (χ3v) is 5.25. The number of nitrogens with one attached hydrogen (secondary N) is 1. The summed E-state index contributed by atoms with van der Waals surface area (Å²) in [6, 6.07) is 2.35. The lowest BCUT2D eigenvalue weighted by Gasteiger charge is -2.34. The Balaban J connectivity index is 1.44. The van der Waals surface area contributed by atoms with Crippen LogP contribution in [0.1, 0.15) is 13.8 Å². The van der Waals surface area contributed by atoms with E-state index in [0.717, 1.165) is 45.2 Å². The minimum Gasteiger partial charge on any atom is -0.378 e. The number of rotatable bonds is 6. The molecule has 2 fully saturated rings. The zero-order valence-corrected chi connectivity index (χ0v) is 16.0. The second kappa shape index (κ2) is 8.75. The smallest absolute Gasteiger partial charge is 0.234 e. The third-order valence-electron chi connectivity index (χ3n) is 5.25. The van der Waals surface area contributed by atoms with Crippen molar-refractivity contribution in [3.8, 4) is 0 Å². The van der Waals surface area contributed by atoms with E-state index >= 15 is 0 Å². The van der Waals surface area contributed by atoms with Gasteiger partial charge in [-0.05, 0) is 19.9 Å². The van der Waals surface area contributed by atoms with Gasteiger partial charge >= 0.3 is 0 Å². The van der Waals surface area contributed by atoms with E-state index in [2.05, 4.69) is 43.8 Å². The van der Waals surface area contributed by atoms with Gasteiger partial charge in [-0.25, -0.2) is 9.97 Å². The van der Waals surface area contributed by atoms with Crippen molar-refractivity contribution >= 4 is 11.9 Å². The molecular weight excluding hydrogens is 332 g/mol. The number of carbonyl (C=O) groups is 1. The summed E-state index contributed by atoms with van der Waals surface area (Å²) in [5.74, 6) is 0.839. The number of amides is 1. The molecule has 0 unspecified atom stereocenters. The van der Waals surface area contributed by atoms with Gasteiger partial charge in [0.05, 0.1) is 18.7 Å². The average molecular weight is 362 g/mol. The fourth-order valence-electron chi connectivity index (χ4n) is 3.62. The van der Waals surface area contributed by atoms with Crippen molar-refractivity contribution in [2.24, 2.45) is 0 Å². The molecule has 3 heterocycles. The number of methoxy groups -OCH3 is 1. The molecule has 0 saturated carbocycles. The number of hydrogen-bond acceptors (Lipinski definition) is 7. The molecule has 2 atom stereocenters. The molecule has 2 aliphatic rings. The number of anilines is 1. The van der Waals surface area contributed by atoms with Crippen LogP contribution in [0.3, 0.4) is 0 Å². The summed E-state index contributed by atoms with van der Waals surface area (Å²) < 4.78 is 5.57. The van der Waals surface area contributed by atoms with Crippen molar-refractivity contribution in [3.05, 3.63) is 18.5 Å². The van der Waals surface area contributed by atoms with Gasteiger partial charge in [0.1, 0.15) is 0 Å². The topological polar surface area (TPSA) is 73.8 Å². The van der Waals surface area contributed by atoms with Crippen LogP contribution in [0.15, 0.2) is 18.5 Å². The van der Waals surface area contributed by atoms with E-state index in [9.17, 15) is 4.79 Å². The van der Waals surface area contributed by atoms with Crippen molar-refractivity contribution in [1.82, 2.24) is 25.1 Å². The number of aromatic nitrogens is 2. The maximum atomic E-state index is 12.5. The number of likely N-dealkylation sites (tertiary alicyclic amines) is 1. The summed E-state index contributed by atoms with van der Waals surface area (Å²) in [5.41, 5.74) is 0. The van der Waals surface area contributed by atoms with Crippen molar-refractivity contribution < 1.29 is 9.53 Å². The second-order valence-electron chi connectivity index (χ2n) is 7.31. The largest absolute Gasteiger partial charge is 0.378 e. The molecule has 0 bridgehead atoms. The second-order valence-corrected chi connectivity index (χ2v) is 7.31. The predicted molar refractivity (Wildman–Crippen MR) is 100 cm³/mol. The first-order chi connectivity index (χ1) is 12.6. The Bertz CT molecular complexity index is 576. The Morgan fingerprint density at radius 3 is 2.54 bits per heavy atom. The molecule has 0 aromatic carbocycles. The van der Waals surface area contributed by atoms with Crippen LogP contribution in [0, 0.1) is 0 Å². The molecule has 26 heavy (non-hydrogen) atoms. The minimum atomic E-state index is 0.0634. The molecule has 0 aliphatic carbocycles. The van der Waals surface area contributed by atoms with Gasteiger partial charge in [-0.1, -0.05) is 0 Å². The molecule has 1 aromatic rings. The molecule has 1 aromatic heterocycles. The number of carbonyl (C=O) groups excluding carboxylic acids is 1. The molecule has 8 nitrogen and oxygen atoms in total. The number of nitrogens with zero attached hydrogens (tertiary/aromatic N) is 5. The highest BCUT2D eigenvalue weighted by Gasteiger charge is 2.35. The maximum absolute atomic E-state index is 12.5. The van der Waals surface area contributed by atoms with Crippen molar-refractivity contribution in [2.75, 3.05) is 57.8 Å². The molecule has 1 N–H and O–H groups in total. The maximum Gasteiger partial charge on any atom is 0.234 e. The molecule has 144 valence electrons. The highest BCUT2D eigenvalue weighted by molar-refractivity contribution is 5.78. The van der Waals surface area contributed by atoms with Crippen LogP contribution in [0.2, 0.25) is 0 Å². The van der Waals surface area contributed by atoms with Gasteiger partial charge in [0, 0.05) is 64.8 Å². The van der Waals surface area contributed by atoms with Crippen LogP contribution in [0.5, 0.6) is 0 Å². The summed E-state index contributed by atoms with van der Waals surface area (Å²) in [6.07, 6.45) is 3.58. The summed E-state index contributed by atoms with van der Waals surface area (Å²) in [6.45, 7) is 9.84. The molecule has 2 aliphatic heterocycles. The van der Waals surface area contributed by atoms with Crippen LogP contribution < -0.4 is 10.2 Å². The van der Waals surface area contributed by atoms with Crippen LogP contribution in [-0.4, -0.2) is 96.8 Å². The van der Waals surface area contributed by atoms with E-state index < -0.39 is 0 Å². The quantitative estimate of drug-likeness (QED) is 0.753. The van der Waals surface area contributed by atoms with Crippen LogP contribution in [-0.2, 0) is 9.53 Å².